The molecule has 0 radical (unpaired) electrons. The van der Waals surface area contributed by atoms with Gasteiger partial charge in [0.05, 0.1) is 0 Å². The highest BCUT2D eigenvalue weighted by molar-refractivity contribution is 5.55. The van der Waals surface area contributed by atoms with Gasteiger partial charge in [0.2, 0.25) is 0 Å². The van der Waals surface area contributed by atoms with E-state index in [9.17, 15) is 0 Å². The molecule has 0 saturated heterocycles. The summed E-state index contributed by atoms with van der Waals surface area (Å²) in [6, 6.07) is 9.79. The first-order valence-electron chi connectivity index (χ1n) is 4.68. The Kier molecular flexibility index (Phi) is 2.72. The number of azide groups is 1. The van der Waals surface area contributed by atoms with E-state index in [1.165, 1.54) is 0 Å². The predicted octanol–water partition coefficient (Wildman–Crippen LogP) is 3.56. The smallest absolute Gasteiger partial charge is 0.105 e. The van der Waals surface area contributed by atoms with Crippen molar-refractivity contribution in [3.05, 3.63) is 64.9 Å². The van der Waals surface area contributed by atoms with Gasteiger partial charge in [0.1, 0.15) is 5.82 Å². The highest BCUT2D eigenvalue weighted by Gasteiger charge is 2.09. The van der Waals surface area contributed by atoms with E-state index in [-0.39, 0.29) is 0 Å². The van der Waals surface area contributed by atoms with Crippen LogP contribution in [-0.4, -0.2) is 0 Å². The fourth-order valence-electron chi connectivity index (χ4n) is 1.46. The third-order valence-electron chi connectivity index (χ3n) is 2.12. The van der Waals surface area contributed by atoms with Crippen LogP contribution in [0.3, 0.4) is 0 Å². The number of allylic oxidation sites excluding steroid dienone is 2. The molecule has 0 fully saturated rings. The Morgan fingerprint density at radius 3 is 2.80 bits per heavy atom. The maximum atomic E-state index is 8.45. The van der Waals surface area contributed by atoms with Crippen molar-refractivity contribution in [2.75, 3.05) is 4.90 Å². The van der Waals surface area contributed by atoms with Gasteiger partial charge in [-0.1, -0.05) is 30.4 Å². The van der Waals surface area contributed by atoms with Crippen LogP contribution in [0.15, 0.2) is 59.6 Å². The van der Waals surface area contributed by atoms with Crippen LogP contribution in [-0.2, 0) is 0 Å². The molecule has 2 rings (SSSR count). The summed E-state index contributed by atoms with van der Waals surface area (Å²) >= 11 is 0. The molecule has 1 aliphatic heterocycles. The number of rotatable bonds is 2. The lowest BCUT2D eigenvalue weighted by atomic mass is 10.2. The Bertz CT molecular complexity index is 441. The molecule has 0 N–H and O–H groups in total. The molecule has 15 heavy (non-hydrogen) atoms. The van der Waals surface area contributed by atoms with Crippen molar-refractivity contribution in [3.63, 3.8) is 0 Å². The minimum atomic E-state index is 0.631. The number of nitrogens with zero attached hydrogens (tertiary/aromatic N) is 4. The van der Waals surface area contributed by atoms with Crippen LogP contribution in [0.25, 0.3) is 10.4 Å². The third kappa shape index (κ3) is 2.00. The van der Waals surface area contributed by atoms with Gasteiger partial charge in [0.25, 0.3) is 0 Å². The first kappa shape index (κ1) is 9.37. The topological polar surface area (TPSA) is 52.0 Å². The van der Waals surface area contributed by atoms with Gasteiger partial charge in [-0.05, 0) is 29.2 Å². The van der Waals surface area contributed by atoms with Crippen LogP contribution in [0.4, 0.5) is 5.69 Å². The van der Waals surface area contributed by atoms with Gasteiger partial charge in [-0.2, -0.15) is 0 Å². The molecule has 0 saturated carbocycles. The van der Waals surface area contributed by atoms with Gasteiger partial charge in [-0.3, -0.25) is 0 Å². The second-order valence-electron chi connectivity index (χ2n) is 3.08. The van der Waals surface area contributed by atoms with Gasteiger partial charge >= 0.3 is 0 Å². The van der Waals surface area contributed by atoms with Crippen molar-refractivity contribution in [2.45, 2.75) is 6.42 Å². The first-order chi connectivity index (χ1) is 7.42. The Hall–Kier alpha value is -2.19. The van der Waals surface area contributed by atoms with E-state index < -0.39 is 0 Å². The summed E-state index contributed by atoms with van der Waals surface area (Å²) in [4.78, 5) is 4.68. The lowest BCUT2D eigenvalue weighted by Gasteiger charge is -2.22. The quantitative estimate of drug-likeness (QED) is 0.407. The minimum absolute atomic E-state index is 0.631. The fraction of sp³-hybridized carbons (Fsp3) is 0.0909. The number of benzene rings is 1. The second-order valence-corrected chi connectivity index (χ2v) is 3.08. The first-order valence-corrected chi connectivity index (χ1v) is 4.68. The van der Waals surface area contributed by atoms with Gasteiger partial charge in [0, 0.05) is 16.8 Å². The maximum absolute atomic E-state index is 8.45. The highest BCUT2D eigenvalue weighted by atomic mass is 15.3. The molecular weight excluding hydrogens is 188 g/mol. The molecule has 0 spiro atoms. The largest absolute Gasteiger partial charge is 0.316 e. The molecule has 0 aliphatic carbocycles. The molecule has 4 nitrogen and oxygen atoms in total. The summed E-state index contributed by atoms with van der Waals surface area (Å²) in [5.74, 6) is 0.631. The van der Waals surface area contributed by atoms with Crippen molar-refractivity contribution < 1.29 is 0 Å². The van der Waals surface area contributed by atoms with Gasteiger partial charge in [-0.15, -0.1) is 0 Å². The zero-order valence-electron chi connectivity index (χ0n) is 8.11. The molecule has 1 heterocycles. The molecule has 74 valence electrons. The Labute approximate surface area is 87.8 Å². The van der Waals surface area contributed by atoms with Crippen molar-refractivity contribution in [2.24, 2.45) is 5.11 Å². The van der Waals surface area contributed by atoms with Crippen LogP contribution in [0, 0.1) is 0 Å². The van der Waals surface area contributed by atoms with E-state index in [2.05, 4.69) is 10.0 Å². The summed E-state index contributed by atoms with van der Waals surface area (Å²) in [7, 11) is 0. The molecule has 1 aliphatic rings. The zero-order chi connectivity index (χ0) is 10.5. The molecule has 0 unspecified atom stereocenters. The normalized spacial score (nSPS) is 14.4. The number of hydrogen-bond donors (Lipinski definition) is 0. The van der Waals surface area contributed by atoms with Crippen molar-refractivity contribution in [1.29, 1.82) is 0 Å². The van der Waals surface area contributed by atoms with Crippen molar-refractivity contribution in [3.8, 4) is 0 Å². The molecular formula is C11H10N4. The average molecular weight is 198 g/mol. The molecule has 0 aromatic heterocycles. The maximum Gasteiger partial charge on any atom is 0.105 e. The van der Waals surface area contributed by atoms with Gasteiger partial charge < -0.3 is 4.90 Å². The number of anilines is 1. The Morgan fingerprint density at radius 1 is 1.27 bits per heavy atom. The van der Waals surface area contributed by atoms with E-state index >= 15 is 0 Å². The second kappa shape index (κ2) is 4.35. The van der Waals surface area contributed by atoms with Crippen molar-refractivity contribution >= 4 is 5.69 Å². The summed E-state index contributed by atoms with van der Waals surface area (Å²) < 4.78 is 0. The Morgan fingerprint density at radius 2 is 2.07 bits per heavy atom. The van der Waals surface area contributed by atoms with Crippen LogP contribution in [0.5, 0.6) is 0 Å². The van der Waals surface area contributed by atoms with E-state index in [1.807, 2.05) is 53.6 Å². The van der Waals surface area contributed by atoms with Crippen molar-refractivity contribution in [1.82, 2.24) is 0 Å². The lowest BCUT2D eigenvalue weighted by molar-refractivity contribution is 1.04. The molecule has 1 aromatic carbocycles. The molecule has 0 atom stereocenters. The van der Waals surface area contributed by atoms with Crippen LogP contribution >= 0.6 is 0 Å². The van der Waals surface area contributed by atoms with Gasteiger partial charge in [0.15, 0.2) is 0 Å². The van der Waals surface area contributed by atoms with E-state index in [0.717, 1.165) is 12.1 Å². The molecule has 0 amide bonds. The summed E-state index contributed by atoms with van der Waals surface area (Å²) in [6.07, 6.45) is 6.63. The van der Waals surface area contributed by atoms with E-state index in [1.54, 1.807) is 0 Å². The molecule has 0 bridgehead atoms. The summed E-state index contributed by atoms with van der Waals surface area (Å²) in [5.41, 5.74) is 9.44. The zero-order valence-corrected chi connectivity index (χ0v) is 8.11. The van der Waals surface area contributed by atoms with Crippen LogP contribution < -0.4 is 4.90 Å². The van der Waals surface area contributed by atoms with E-state index in [0.29, 0.717) is 5.82 Å². The average Bonchev–Trinajstić information content (AvgIpc) is 2.31. The summed E-state index contributed by atoms with van der Waals surface area (Å²) in [6.45, 7) is 0. The summed E-state index contributed by atoms with van der Waals surface area (Å²) in [5, 5.41) is 3.66. The molecule has 4 heteroatoms. The predicted molar refractivity (Wildman–Crippen MR) is 59.9 cm³/mol. The van der Waals surface area contributed by atoms with Gasteiger partial charge in [-0.25, -0.2) is 0 Å². The lowest BCUT2D eigenvalue weighted by Crippen LogP contribution is -2.15. The number of hydrogen-bond acceptors (Lipinski definition) is 2. The highest BCUT2D eigenvalue weighted by Crippen LogP contribution is 2.23. The van der Waals surface area contributed by atoms with Crippen LogP contribution in [0.2, 0.25) is 0 Å². The number of para-hydroxylation sites is 1. The van der Waals surface area contributed by atoms with E-state index in [4.69, 9.17) is 5.53 Å². The molecule has 1 aromatic rings. The third-order valence-corrected chi connectivity index (χ3v) is 2.12. The monoisotopic (exact) mass is 198 g/mol. The fourth-order valence-corrected chi connectivity index (χ4v) is 1.46. The SMILES string of the molecule is [N-]=[N+]=NC1=CCC=CN1c1ccccc1. The standard InChI is InChI=1S/C11H10N4/c12-14-13-11-8-4-5-9-15(11)10-6-2-1-3-7-10/h1-3,5-9H,4H2. The minimum Gasteiger partial charge on any atom is -0.316 e. The van der Waals surface area contributed by atoms with Crippen LogP contribution in [0.1, 0.15) is 6.42 Å². The Balaban J connectivity index is 2.35.